The number of hydrogen-bond donors (Lipinski definition) is 3. The van der Waals surface area contributed by atoms with E-state index in [1.807, 2.05) is 0 Å². The zero-order valence-corrected chi connectivity index (χ0v) is 30.1. The third-order valence-electron chi connectivity index (χ3n) is 5.22. The molecule has 0 radical (unpaired) electrons. The largest absolute Gasteiger partial charge is 0.380 e. The van der Waals surface area contributed by atoms with Crippen molar-refractivity contribution in [1.82, 2.24) is 0 Å². The van der Waals surface area contributed by atoms with Gasteiger partial charge in [-0.15, -0.1) is 0 Å². The predicted octanol–water partition coefficient (Wildman–Crippen LogP) is 10.5. The van der Waals surface area contributed by atoms with Crippen LogP contribution in [0.2, 0.25) is 0 Å². The Morgan fingerprint density at radius 3 is 0.600 bits per heavy atom. The quantitative estimate of drug-likeness (QED) is 0.253. The van der Waals surface area contributed by atoms with Gasteiger partial charge in [0.1, 0.15) is 0 Å². The summed E-state index contributed by atoms with van der Waals surface area (Å²) in [5.74, 6) is 0. The number of anilines is 3. The van der Waals surface area contributed by atoms with Crippen LogP contribution in [0.3, 0.4) is 0 Å². The van der Waals surface area contributed by atoms with Gasteiger partial charge in [-0.3, -0.25) is 0 Å². The zero-order chi connectivity index (χ0) is 30.2. The number of aryl methyl sites for hydroxylation is 6. The fraction of sp³-hybridized carbons (Fsp3) is 0.500. The van der Waals surface area contributed by atoms with E-state index in [9.17, 15) is 0 Å². The second-order valence-corrected chi connectivity index (χ2v) is 14.3. The molecular weight excluding hydrogens is 570 g/mol. The second-order valence-electron chi connectivity index (χ2n) is 14.3. The Hall–Kier alpha value is -2.25. The summed E-state index contributed by atoms with van der Waals surface area (Å²) in [6, 6.07) is 19.6. The van der Waals surface area contributed by atoms with Gasteiger partial charge in [0.05, 0.1) is 0 Å². The smallest absolute Gasteiger partial charge is 0.0349 e. The van der Waals surface area contributed by atoms with Crippen LogP contribution in [0.25, 0.3) is 0 Å². The Morgan fingerprint density at radius 1 is 0.325 bits per heavy atom. The summed E-state index contributed by atoms with van der Waals surface area (Å²) in [6.45, 7) is 32.3. The van der Waals surface area contributed by atoms with Gasteiger partial charge in [0.25, 0.3) is 0 Å². The van der Waals surface area contributed by atoms with Gasteiger partial charge in [0.2, 0.25) is 0 Å². The van der Waals surface area contributed by atoms with E-state index in [4.69, 9.17) is 0 Å². The van der Waals surface area contributed by atoms with Crippen molar-refractivity contribution in [2.75, 3.05) is 16.0 Å². The molecule has 4 heteroatoms. The van der Waals surface area contributed by atoms with Crippen LogP contribution in [-0.4, -0.2) is 16.6 Å². The Kier molecular flexibility index (Phi) is 14.8. The van der Waals surface area contributed by atoms with Crippen LogP contribution < -0.4 is 16.0 Å². The maximum atomic E-state index is 3.46. The van der Waals surface area contributed by atoms with Gasteiger partial charge in [-0.1, -0.05) is 18.2 Å². The molecule has 3 N–H and O–H groups in total. The Labute approximate surface area is 261 Å². The van der Waals surface area contributed by atoms with Crippen LogP contribution in [-0.2, 0) is 21.1 Å². The summed E-state index contributed by atoms with van der Waals surface area (Å²) in [5.41, 5.74) is 11.9. The zero-order valence-electron chi connectivity index (χ0n) is 28.1. The third kappa shape index (κ3) is 18.2. The normalized spacial score (nSPS) is 11.2. The van der Waals surface area contributed by atoms with E-state index < -0.39 is 0 Å². The fourth-order valence-electron chi connectivity index (χ4n) is 4.44. The van der Waals surface area contributed by atoms with Gasteiger partial charge in [-0.2, -0.15) is 0 Å². The molecule has 3 rings (SSSR count). The van der Waals surface area contributed by atoms with Crippen molar-refractivity contribution < 1.29 is 21.1 Å². The first-order valence-corrected chi connectivity index (χ1v) is 14.2. The van der Waals surface area contributed by atoms with E-state index in [1.165, 1.54) is 50.4 Å². The van der Waals surface area contributed by atoms with Gasteiger partial charge in [-0.05, 0) is 174 Å². The molecule has 0 saturated carbocycles. The molecule has 222 valence electrons. The van der Waals surface area contributed by atoms with Crippen molar-refractivity contribution in [2.45, 2.75) is 120 Å². The molecule has 3 nitrogen and oxygen atoms in total. The molecule has 0 bridgehead atoms. The molecule has 0 saturated heterocycles. The molecule has 0 spiro atoms. The summed E-state index contributed by atoms with van der Waals surface area (Å²) < 4.78 is 0. The molecule has 0 aromatic heterocycles. The van der Waals surface area contributed by atoms with Crippen molar-refractivity contribution in [1.29, 1.82) is 0 Å². The van der Waals surface area contributed by atoms with E-state index in [1.54, 1.807) is 0 Å². The van der Waals surface area contributed by atoms with E-state index in [-0.39, 0.29) is 37.7 Å². The van der Waals surface area contributed by atoms with Crippen molar-refractivity contribution >= 4 is 17.1 Å². The van der Waals surface area contributed by atoms with Gasteiger partial charge in [-0.25, -0.2) is 0 Å². The van der Waals surface area contributed by atoms with Crippen molar-refractivity contribution in [3.05, 3.63) is 88.0 Å². The Bertz CT molecular complexity index is 980. The standard InChI is InChI=1S/3C12H19N.Mo/c3*1-9-6-10(2)8-11(7-9)13-12(3,4)5;/h3*6-8,13H,1-5H3;. The first-order valence-electron chi connectivity index (χ1n) is 14.2. The number of nitrogens with one attached hydrogen (secondary N) is 3. The summed E-state index contributed by atoms with van der Waals surface area (Å²) in [4.78, 5) is 0. The van der Waals surface area contributed by atoms with E-state index in [0.717, 1.165) is 0 Å². The molecule has 0 atom stereocenters. The van der Waals surface area contributed by atoms with Crippen molar-refractivity contribution in [3.8, 4) is 0 Å². The average molecular weight is 628 g/mol. The van der Waals surface area contributed by atoms with Crippen LogP contribution in [0.1, 0.15) is 95.7 Å². The Morgan fingerprint density at radius 2 is 0.475 bits per heavy atom. The fourth-order valence-corrected chi connectivity index (χ4v) is 4.44. The third-order valence-corrected chi connectivity index (χ3v) is 5.22. The van der Waals surface area contributed by atoms with Gasteiger partial charge >= 0.3 is 0 Å². The second kappa shape index (κ2) is 15.7. The number of rotatable bonds is 3. The SMILES string of the molecule is Cc1cc(C)cc(NC(C)(C)C)c1.Cc1cc(C)cc(NC(C)(C)C)c1.Cc1cc(C)cc(NC(C)(C)C)c1.[Mo]. The maximum Gasteiger partial charge on any atom is 0.0349 e. The first kappa shape index (κ1) is 37.7. The van der Waals surface area contributed by atoms with Crippen LogP contribution in [0.4, 0.5) is 17.1 Å². The van der Waals surface area contributed by atoms with E-state index >= 15 is 0 Å². The molecule has 0 unspecified atom stereocenters. The summed E-state index contributed by atoms with van der Waals surface area (Å²) in [6.07, 6.45) is 0. The molecule has 3 aromatic carbocycles. The predicted molar refractivity (Wildman–Crippen MR) is 178 cm³/mol. The minimum atomic E-state index is 0. The molecular formula is C36H57MoN3. The average Bonchev–Trinajstić information content (AvgIpc) is 2.62. The molecule has 40 heavy (non-hydrogen) atoms. The molecule has 0 amide bonds. The van der Waals surface area contributed by atoms with Gasteiger partial charge < -0.3 is 16.0 Å². The van der Waals surface area contributed by atoms with Gasteiger partial charge in [0, 0.05) is 54.7 Å². The van der Waals surface area contributed by atoms with Crippen molar-refractivity contribution in [2.24, 2.45) is 0 Å². The monoisotopic (exact) mass is 629 g/mol. The molecule has 3 aromatic rings. The Balaban J connectivity index is 0.000000563. The van der Waals surface area contributed by atoms with E-state index in [2.05, 4.69) is 174 Å². The summed E-state index contributed by atoms with van der Waals surface area (Å²) in [5, 5.41) is 10.4. The molecule has 0 aliphatic heterocycles. The summed E-state index contributed by atoms with van der Waals surface area (Å²) >= 11 is 0. The molecule has 0 fully saturated rings. The number of benzene rings is 3. The van der Waals surface area contributed by atoms with Crippen LogP contribution in [0.15, 0.2) is 54.6 Å². The number of hydrogen-bond acceptors (Lipinski definition) is 3. The summed E-state index contributed by atoms with van der Waals surface area (Å²) in [7, 11) is 0. The minimum absolute atomic E-state index is 0. The van der Waals surface area contributed by atoms with E-state index in [0.29, 0.717) is 0 Å². The first-order chi connectivity index (χ1) is 17.6. The topological polar surface area (TPSA) is 36.1 Å². The molecule has 0 aliphatic carbocycles. The van der Waals surface area contributed by atoms with Crippen molar-refractivity contribution in [3.63, 3.8) is 0 Å². The van der Waals surface area contributed by atoms with Crippen LogP contribution >= 0.6 is 0 Å². The molecule has 0 aliphatic rings. The minimum Gasteiger partial charge on any atom is -0.380 e. The van der Waals surface area contributed by atoms with Crippen LogP contribution in [0.5, 0.6) is 0 Å². The molecule has 0 heterocycles. The van der Waals surface area contributed by atoms with Gasteiger partial charge in [0.15, 0.2) is 0 Å². The maximum absolute atomic E-state index is 3.46. The van der Waals surface area contributed by atoms with Crippen LogP contribution in [0, 0.1) is 41.5 Å².